The van der Waals surface area contributed by atoms with Crippen LogP contribution in [0.2, 0.25) is 0 Å². The van der Waals surface area contributed by atoms with E-state index in [1.165, 1.54) is 34.8 Å². The molecule has 2 heterocycles. The molecule has 0 aliphatic carbocycles. The molecule has 0 fully saturated rings. The van der Waals surface area contributed by atoms with E-state index in [1.54, 1.807) is 0 Å². The summed E-state index contributed by atoms with van der Waals surface area (Å²) < 4.78 is 15.7. The predicted molar refractivity (Wildman–Crippen MR) is 128 cm³/mol. The van der Waals surface area contributed by atoms with Gasteiger partial charge in [0.25, 0.3) is 0 Å². The molecule has 31 heavy (non-hydrogen) atoms. The second kappa shape index (κ2) is 9.92. The smallest absolute Gasteiger partial charge is 0.150 e. The van der Waals surface area contributed by atoms with E-state index in [1.807, 2.05) is 18.3 Å². The first-order valence-electron chi connectivity index (χ1n) is 11.3. The van der Waals surface area contributed by atoms with Crippen molar-refractivity contribution in [3.05, 3.63) is 72.2 Å². The van der Waals surface area contributed by atoms with Crippen LogP contribution >= 0.6 is 0 Å². The highest BCUT2D eigenvalue weighted by atomic mass is 19.1. The van der Waals surface area contributed by atoms with E-state index in [0.717, 1.165) is 49.5 Å². The SMILES string of the molecule is CCN(CC)CCCCNc1nccc2c3ccccc3n(Cc3ccc(F)cc3)c12. The summed E-state index contributed by atoms with van der Waals surface area (Å²) in [6.07, 6.45) is 4.16. The number of rotatable bonds is 10. The Hall–Kier alpha value is -2.92. The molecule has 4 aromatic rings. The van der Waals surface area contributed by atoms with Crippen LogP contribution in [-0.4, -0.2) is 40.6 Å². The monoisotopic (exact) mass is 418 g/mol. The summed E-state index contributed by atoms with van der Waals surface area (Å²) >= 11 is 0. The third-order valence-corrected chi connectivity index (χ3v) is 6.02. The van der Waals surface area contributed by atoms with Crippen molar-refractivity contribution in [2.75, 3.05) is 31.5 Å². The molecular formula is C26H31FN4. The van der Waals surface area contributed by atoms with E-state index < -0.39 is 0 Å². The summed E-state index contributed by atoms with van der Waals surface area (Å²) in [6.45, 7) is 9.34. The lowest BCUT2D eigenvalue weighted by atomic mass is 10.2. The second-order valence-electron chi connectivity index (χ2n) is 7.95. The first-order chi connectivity index (χ1) is 15.2. The van der Waals surface area contributed by atoms with Gasteiger partial charge in [-0.25, -0.2) is 9.37 Å². The third-order valence-electron chi connectivity index (χ3n) is 6.02. The zero-order valence-electron chi connectivity index (χ0n) is 18.4. The normalized spacial score (nSPS) is 11.6. The van der Waals surface area contributed by atoms with Crippen LogP contribution in [0.3, 0.4) is 0 Å². The van der Waals surface area contributed by atoms with Gasteiger partial charge in [0.1, 0.15) is 5.82 Å². The van der Waals surface area contributed by atoms with Crippen LogP contribution in [0.4, 0.5) is 10.2 Å². The summed E-state index contributed by atoms with van der Waals surface area (Å²) in [5, 5.41) is 5.99. The third kappa shape index (κ3) is 4.72. The molecule has 0 aliphatic rings. The van der Waals surface area contributed by atoms with Crippen LogP contribution in [0.5, 0.6) is 0 Å². The molecule has 4 rings (SSSR count). The maximum Gasteiger partial charge on any atom is 0.150 e. The fraction of sp³-hybridized carbons (Fsp3) is 0.346. The fourth-order valence-electron chi connectivity index (χ4n) is 4.27. The minimum atomic E-state index is -0.209. The minimum absolute atomic E-state index is 0.209. The van der Waals surface area contributed by atoms with Gasteiger partial charge in [0.05, 0.1) is 5.52 Å². The van der Waals surface area contributed by atoms with Crippen LogP contribution < -0.4 is 5.32 Å². The topological polar surface area (TPSA) is 33.1 Å². The zero-order chi connectivity index (χ0) is 21.6. The molecule has 0 unspecified atom stereocenters. The molecule has 1 N–H and O–H groups in total. The van der Waals surface area contributed by atoms with Gasteiger partial charge >= 0.3 is 0 Å². The molecule has 0 radical (unpaired) electrons. The summed E-state index contributed by atoms with van der Waals surface area (Å²) in [5.41, 5.74) is 3.34. The summed E-state index contributed by atoms with van der Waals surface area (Å²) in [7, 11) is 0. The van der Waals surface area contributed by atoms with Crippen LogP contribution in [-0.2, 0) is 6.54 Å². The molecule has 0 saturated heterocycles. The Morgan fingerprint density at radius 1 is 0.935 bits per heavy atom. The van der Waals surface area contributed by atoms with Crippen LogP contribution in [0.25, 0.3) is 21.8 Å². The van der Waals surface area contributed by atoms with Gasteiger partial charge in [-0.1, -0.05) is 44.2 Å². The molecule has 162 valence electrons. The van der Waals surface area contributed by atoms with Crippen molar-refractivity contribution >= 4 is 27.6 Å². The van der Waals surface area contributed by atoms with Gasteiger partial charge in [-0.15, -0.1) is 0 Å². The first-order valence-corrected chi connectivity index (χ1v) is 11.3. The van der Waals surface area contributed by atoms with Gasteiger partial charge in [-0.2, -0.15) is 0 Å². The van der Waals surface area contributed by atoms with E-state index >= 15 is 0 Å². The highest BCUT2D eigenvalue weighted by Gasteiger charge is 2.15. The molecule has 4 nitrogen and oxygen atoms in total. The Morgan fingerprint density at radius 2 is 1.71 bits per heavy atom. The van der Waals surface area contributed by atoms with E-state index in [9.17, 15) is 4.39 Å². The summed E-state index contributed by atoms with van der Waals surface area (Å²) in [5.74, 6) is 0.707. The number of pyridine rings is 1. The molecule has 5 heteroatoms. The number of nitrogens with one attached hydrogen (secondary N) is 1. The highest BCUT2D eigenvalue weighted by molar-refractivity contribution is 6.11. The van der Waals surface area contributed by atoms with Crippen molar-refractivity contribution in [1.82, 2.24) is 14.5 Å². The van der Waals surface area contributed by atoms with E-state index in [4.69, 9.17) is 0 Å². The molecule has 0 spiro atoms. The quantitative estimate of drug-likeness (QED) is 0.325. The van der Waals surface area contributed by atoms with Crippen molar-refractivity contribution in [2.24, 2.45) is 0 Å². The number of hydrogen-bond donors (Lipinski definition) is 1. The lowest BCUT2D eigenvalue weighted by Crippen LogP contribution is -2.24. The first kappa shape index (κ1) is 21.3. The lowest BCUT2D eigenvalue weighted by Gasteiger charge is -2.17. The van der Waals surface area contributed by atoms with Crippen molar-refractivity contribution < 1.29 is 4.39 Å². The number of hydrogen-bond acceptors (Lipinski definition) is 3. The van der Waals surface area contributed by atoms with Crippen molar-refractivity contribution in [3.63, 3.8) is 0 Å². The molecule has 0 bridgehead atoms. The number of para-hydroxylation sites is 1. The van der Waals surface area contributed by atoms with Gasteiger partial charge < -0.3 is 14.8 Å². The minimum Gasteiger partial charge on any atom is -0.368 e. The zero-order valence-corrected chi connectivity index (χ0v) is 18.4. The van der Waals surface area contributed by atoms with Crippen molar-refractivity contribution in [1.29, 1.82) is 0 Å². The van der Waals surface area contributed by atoms with Crippen LogP contribution in [0.15, 0.2) is 60.8 Å². The van der Waals surface area contributed by atoms with Crippen molar-refractivity contribution in [2.45, 2.75) is 33.2 Å². The largest absolute Gasteiger partial charge is 0.368 e. The Balaban J connectivity index is 1.61. The maximum atomic E-state index is 13.4. The molecular weight excluding hydrogens is 387 g/mol. The van der Waals surface area contributed by atoms with Gasteiger partial charge in [0.2, 0.25) is 0 Å². The van der Waals surface area contributed by atoms with E-state index in [2.05, 4.69) is 63.9 Å². The standard InChI is InChI=1S/C26H31FN4/c1-3-30(4-2)18-8-7-16-28-26-25-23(15-17-29-26)22-9-5-6-10-24(22)31(25)19-20-11-13-21(27)14-12-20/h5-6,9-15,17H,3-4,7-8,16,18-19H2,1-2H3,(H,28,29). The number of fused-ring (bicyclic) bond motifs is 3. The number of halogens is 1. The molecule has 0 aliphatic heterocycles. The number of unbranched alkanes of at least 4 members (excludes halogenated alkanes) is 1. The van der Waals surface area contributed by atoms with E-state index in [0.29, 0.717) is 6.54 Å². The predicted octanol–water partition coefficient (Wildman–Crippen LogP) is 5.91. The Labute approximate surface area is 183 Å². The van der Waals surface area contributed by atoms with Crippen molar-refractivity contribution in [3.8, 4) is 0 Å². The fourth-order valence-corrected chi connectivity index (χ4v) is 4.27. The number of benzene rings is 2. The van der Waals surface area contributed by atoms with Gasteiger partial charge in [0.15, 0.2) is 5.82 Å². The maximum absolute atomic E-state index is 13.4. The Morgan fingerprint density at radius 3 is 2.48 bits per heavy atom. The van der Waals surface area contributed by atoms with E-state index in [-0.39, 0.29) is 5.82 Å². The van der Waals surface area contributed by atoms with Gasteiger partial charge in [0, 0.05) is 35.6 Å². The summed E-state index contributed by atoms with van der Waals surface area (Å²) in [6, 6.07) is 17.3. The number of nitrogens with zero attached hydrogens (tertiary/aromatic N) is 3. The van der Waals surface area contributed by atoms with Gasteiger partial charge in [-0.05, 0) is 62.3 Å². The van der Waals surface area contributed by atoms with Crippen LogP contribution in [0.1, 0.15) is 32.3 Å². The molecule has 0 amide bonds. The highest BCUT2D eigenvalue weighted by Crippen LogP contribution is 2.33. The average Bonchev–Trinajstić information content (AvgIpc) is 3.12. The Bertz CT molecular complexity index is 1130. The molecule has 2 aromatic heterocycles. The second-order valence-corrected chi connectivity index (χ2v) is 7.95. The molecule has 2 aromatic carbocycles. The number of aromatic nitrogens is 2. The Kier molecular flexibility index (Phi) is 6.82. The lowest BCUT2D eigenvalue weighted by molar-refractivity contribution is 0.298. The summed E-state index contributed by atoms with van der Waals surface area (Å²) in [4.78, 5) is 7.14. The van der Waals surface area contributed by atoms with Crippen LogP contribution in [0, 0.1) is 5.82 Å². The molecule has 0 saturated carbocycles. The number of anilines is 1. The average molecular weight is 419 g/mol. The van der Waals surface area contributed by atoms with Gasteiger partial charge in [-0.3, -0.25) is 0 Å². The molecule has 0 atom stereocenters.